The molecule has 4 fully saturated rings. The standard InChI is InChI=1S/C28H43N5O5/c1-16-13-30-25(38-16)32-21(26(2,3)4)24(37)33-15-28(14-27(28)9-6-10-27)12-19(33)23(36)31-18(20(34)22(29)35)11-17-7-5-8-17/h13,17-21,34H,5-12,14-15H2,1-4H3,(H2,29,35)(H,30,32)(H,31,36)/t18?,19-,20?,21+,28-/m0/s1. The van der Waals surface area contributed by atoms with Crippen LogP contribution in [0.3, 0.4) is 0 Å². The molecule has 5 N–H and O–H groups in total. The zero-order valence-corrected chi connectivity index (χ0v) is 23.1. The number of nitrogens with zero attached hydrogens (tertiary/aromatic N) is 2. The fraction of sp³-hybridized carbons (Fsp3) is 0.786. The smallest absolute Gasteiger partial charge is 0.295 e. The van der Waals surface area contributed by atoms with Gasteiger partial charge in [0.25, 0.3) is 6.01 Å². The normalized spacial score (nSPS) is 28.3. The van der Waals surface area contributed by atoms with Crippen molar-refractivity contribution in [1.29, 1.82) is 0 Å². The molecule has 4 aliphatic rings. The highest BCUT2D eigenvalue weighted by atomic mass is 16.4. The second-order valence-electron chi connectivity index (χ2n) is 13.5. The van der Waals surface area contributed by atoms with Gasteiger partial charge in [-0.1, -0.05) is 46.5 Å². The number of rotatable bonds is 9. The van der Waals surface area contributed by atoms with Crippen LogP contribution in [-0.2, 0) is 14.4 Å². The number of primary amides is 1. The summed E-state index contributed by atoms with van der Waals surface area (Å²) in [4.78, 5) is 45.9. The van der Waals surface area contributed by atoms with E-state index in [0.717, 1.165) is 38.5 Å². The van der Waals surface area contributed by atoms with Gasteiger partial charge in [-0.15, -0.1) is 0 Å². The van der Waals surface area contributed by atoms with E-state index in [2.05, 4.69) is 15.6 Å². The maximum atomic E-state index is 14.2. The highest BCUT2D eigenvalue weighted by Gasteiger charge is 2.73. The number of carbonyl (C=O) groups excluding carboxylic acids is 3. The summed E-state index contributed by atoms with van der Waals surface area (Å²) in [6.45, 7) is 8.25. The third-order valence-electron chi connectivity index (χ3n) is 9.82. The number of aliphatic hydroxyl groups excluding tert-OH is 1. The molecule has 1 saturated heterocycles. The molecule has 5 atom stereocenters. The first-order chi connectivity index (χ1) is 17.8. The van der Waals surface area contributed by atoms with E-state index in [9.17, 15) is 19.5 Å². The number of nitrogens with one attached hydrogen (secondary N) is 2. The number of aliphatic hydroxyl groups is 1. The van der Waals surface area contributed by atoms with Crippen LogP contribution in [0.4, 0.5) is 6.01 Å². The van der Waals surface area contributed by atoms with E-state index >= 15 is 0 Å². The van der Waals surface area contributed by atoms with Gasteiger partial charge in [-0.2, -0.15) is 0 Å². The third-order valence-corrected chi connectivity index (χ3v) is 9.82. The number of carbonyl (C=O) groups is 3. The van der Waals surface area contributed by atoms with Crippen molar-refractivity contribution < 1.29 is 23.9 Å². The van der Waals surface area contributed by atoms with E-state index in [1.165, 1.54) is 6.42 Å². The lowest BCUT2D eigenvalue weighted by atomic mass is 9.74. The molecule has 3 amide bonds. The summed E-state index contributed by atoms with van der Waals surface area (Å²) >= 11 is 0. The Morgan fingerprint density at radius 3 is 2.42 bits per heavy atom. The Morgan fingerprint density at radius 1 is 1.24 bits per heavy atom. The maximum absolute atomic E-state index is 14.2. The SMILES string of the molecule is Cc1cnc(N[C@H](C(=O)N2C[C@]3(C[C@H]2C(=O)NC(CC2CCC2)C(O)C(N)=O)CC32CCC2)C(C)(C)C)o1. The molecular formula is C28H43N5O5. The number of oxazole rings is 1. The van der Waals surface area contributed by atoms with E-state index in [-0.39, 0.29) is 28.7 Å². The van der Waals surface area contributed by atoms with Crippen LogP contribution in [0.2, 0.25) is 0 Å². The van der Waals surface area contributed by atoms with Crippen molar-refractivity contribution >= 4 is 23.7 Å². The van der Waals surface area contributed by atoms with E-state index in [1.807, 2.05) is 20.8 Å². The number of hydrogen-bond donors (Lipinski definition) is 4. The lowest BCUT2D eigenvalue weighted by molar-refractivity contribution is -0.142. The molecule has 1 aromatic heterocycles. The Kier molecular flexibility index (Phi) is 6.77. The molecule has 3 saturated carbocycles. The largest absolute Gasteiger partial charge is 0.429 e. The Bertz CT molecular complexity index is 1090. The molecule has 2 heterocycles. The molecule has 5 rings (SSSR count). The molecule has 3 aliphatic carbocycles. The summed E-state index contributed by atoms with van der Waals surface area (Å²) in [5.41, 5.74) is 5.14. The van der Waals surface area contributed by atoms with Gasteiger partial charge < -0.3 is 30.8 Å². The van der Waals surface area contributed by atoms with Gasteiger partial charge in [0.1, 0.15) is 17.8 Å². The predicted molar refractivity (Wildman–Crippen MR) is 141 cm³/mol. The Labute approximate surface area is 224 Å². The molecule has 10 heteroatoms. The van der Waals surface area contributed by atoms with Crippen LogP contribution in [0.5, 0.6) is 0 Å². The van der Waals surface area contributed by atoms with E-state index in [0.29, 0.717) is 31.1 Å². The minimum atomic E-state index is -1.46. The number of fused-ring (bicyclic) bond motifs is 1. The van der Waals surface area contributed by atoms with Gasteiger partial charge in [-0.3, -0.25) is 14.4 Å². The molecular weight excluding hydrogens is 486 g/mol. The van der Waals surface area contributed by atoms with Crippen LogP contribution in [0, 0.1) is 29.1 Å². The first-order valence-electron chi connectivity index (χ1n) is 14.1. The molecule has 38 heavy (non-hydrogen) atoms. The van der Waals surface area contributed by atoms with Crippen molar-refractivity contribution in [2.24, 2.45) is 27.9 Å². The van der Waals surface area contributed by atoms with Gasteiger partial charge in [0, 0.05) is 6.54 Å². The zero-order valence-electron chi connectivity index (χ0n) is 23.1. The van der Waals surface area contributed by atoms with Gasteiger partial charge in [0.15, 0.2) is 6.10 Å². The van der Waals surface area contributed by atoms with Crippen LogP contribution >= 0.6 is 0 Å². The van der Waals surface area contributed by atoms with Crippen molar-refractivity contribution in [2.45, 2.75) is 110 Å². The Hall–Kier alpha value is -2.62. The molecule has 2 unspecified atom stereocenters. The fourth-order valence-electron chi connectivity index (χ4n) is 7.06. The van der Waals surface area contributed by atoms with Gasteiger partial charge >= 0.3 is 0 Å². The summed E-state index contributed by atoms with van der Waals surface area (Å²) < 4.78 is 5.62. The first kappa shape index (κ1) is 27.0. The predicted octanol–water partition coefficient (Wildman–Crippen LogP) is 2.49. The second-order valence-corrected chi connectivity index (χ2v) is 13.5. The summed E-state index contributed by atoms with van der Waals surface area (Å²) in [6.07, 6.45) is 8.89. The second kappa shape index (κ2) is 9.54. The van der Waals surface area contributed by atoms with Crippen LogP contribution in [-0.4, -0.2) is 63.5 Å². The molecule has 0 bridgehead atoms. The van der Waals surface area contributed by atoms with Crippen molar-refractivity contribution in [2.75, 3.05) is 11.9 Å². The number of hydrogen-bond acceptors (Lipinski definition) is 7. The maximum Gasteiger partial charge on any atom is 0.295 e. The number of nitrogens with two attached hydrogens (primary N) is 1. The third kappa shape index (κ3) is 4.80. The average Bonchev–Trinajstić information content (AvgIpc) is 3.03. The molecule has 10 nitrogen and oxygen atoms in total. The van der Waals surface area contributed by atoms with Crippen molar-refractivity contribution in [3.05, 3.63) is 12.0 Å². The Balaban J connectivity index is 1.39. The van der Waals surface area contributed by atoms with E-state index in [1.54, 1.807) is 18.0 Å². The molecule has 2 spiro atoms. The molecule has 210 valence electrons. The topological polar surface area (TPSA) is 151 Å². The summed E-state index contributed by atoms with van der Waals surface area (Å²) in [7, 11) is 0. The number of likely N-dealkylation sites (tertiary alicyclic amines) is 1. The molecule has 0 radical (unpaired) electrons. The lowest BCUT2D eigenvalue weighted by Crippen LogP contribution is -2.57. The van der Waals surface area contributed by atoms with Gasteiger partial charge in [0.05, 0.1) is 12.2 Å². The van der Waals surface area contributed by atoms with Crippen LogP contribution < -0.4 is 16.4 Å². The minimum absolute atomic E-state index is 0.0450. The zero-order chi connectivity index (χ0) is 27.5. The number of amides is 3. The van der Waals surface area contributed by atoms with Crippen molar-refractivity contribution in [3.63, 3.8) is 0 Å². The van der Waals surface area contributed by atoms with Crippen LogP contribution in [0.15, 0.2) is 10.6 Å². The summed E-state index contributed by atoms with van der Waals surface area (Å²) in [5, 5.41) is 16.7. The summed E-state index contributed by atoms with van der Waals surface area (Å²) in [5.74, 6) is -0.347. The highest BCUT2D eigenvalue weighted by Crippen LogP contribution is 2.77. The quantitative estimate of drug-likeness (QED) is 0.384. The van der Waals surface area contributed by atoms with Gasteiger partial charge in [0.2, 0.25) is 17.7 Å². The Morgan fingerprint density at radius 2 is 1.95 bits per heavy atom. The first-order valence-corrected chi connectivity index (χ1v) is 14.1. The van der Waals surface area contributed by atoms with Crippen LogP contribution in [0.1, 0.15) is 84.3 Å². The molecule has 0 aromatic carbocycles. The highest BCUT2D eigenvalue weighted by molar-refractivity contribution is 5.93. The van der Waals surface area contributed by atoms with Gasteiger partial charge in [-0.25, -0.2) is 4.98 Å². The van der Waals surface area contributed by atoms with E-state index in [4.69, 9.17) is 10.2 Å². The monoisotopic (exact) mass is 529 g/mol. The molecule has 1 aromatic rings. The molecule has 1 aliphatic heterocycles. The van der Waals surface area contributed by atoms with Crippen LogP contribution in [0.25, 0.3) is 0 Å². The average molecular weight is 530 g/mol. The minimum Gasteiger partial charge on any atom is -0.429 e. The van der Waals surface area contributed by atoms with Crippen molar-refractivity contribution in [3.8, 4) is 0 Å². The fourth-order valence-corrected chi connectivity index (χ4v) is 7.06. The number of aromatic nitrogens is 1. The number of aryl methyl sites for hydroxylation is 1. The number of anilines is 1. The van der Waals surface area contributed by atoms with Crippen molar-refractivity contribution in [1.82, 2.24) is 15.2 Å². The lowest BCUT2D eigenvalue weighted by Gasteiger charge is -2.36. The van der Waals surface area contributed by atoms with Gasteiger partial charge in [-0.05, 0) is 61.2 Å². The summed E-state index contributed by atoms with van der Waals surface area (Å²) in [6, 6.07) is -1.83. The van der Waals surface area contributed by atoms with E-state index < -0.39 is 35.6 Å².